The van der Waals surface area contributed by atoms with Gasteiger partial charge in [0.1, 0.15) is 5.75 Å². The van der Waals surface area contributed by atoms with E-state index in [9.17, 15) is 5.11 Å². The summed E-state index contributed by atoms with van der Waals surface area (Å²) < 4.78 is 4.69. The number of hydrogen-bond acceptors (Lipinski definition) is 1. The van der Waals surface area contributed by atoms with Gasteiger partial charge >= 0.3 is 0 Å². The van der Waals surface area contributed by atoms with Gasteiger partial charge in [0.2, 0.25) is 0 Å². The zero-order valence-corrected chi connectivity index (χ0v) is 15.0. The van der Waals surface area contributed by atoms with Crippen molar-refractivity contribution in [3.05, 3.63) is 19.7 Å². The van der Waals surface area contributed by atoms with Gasteiger partial charge in [-0.25, -0.2) is 0 Å². The van der Waals surface area contributed by atoms with Gasteiger partial charge in [-0.15, -0.1) is 0 Å². The minimum atomic E-state index is 0.298. The quantitative estimate of drug-likeness (QED) is 0.250. The van der Waals surface area contributed by atoms with Crippen molar-refractivity contribution in [2.75, 3.05) is 0 Å². The third kappa shape index (κ3) is 2.22. The van der Waals surface area contributed by atoms with Gasteiger partial charge in [-0.1, -0.05) is 0 Å². The first-order valence-electron chi connectivity index (χ1n) is 2.67. The average molecular weight is 630 g/mol. The fourth-order valence-electron chi connectivity index (χ4n) is 0.593. The number of phenols is 1. The summed E-state index contributed by atoms with van der Waals surface area (Å²) in [5.74, 6) is 0.298. The first-order chi connectivity index (χ1) is 5.46. The van der Waals surface area contributed by atoms with Crippen molar-refractivity contribution in [1.29, 1.82) is 0 Å². The van der Waals surface area contributed by atoms with E-state index in [0.717, 1.165) is 19.7 Å². The SMILES string of the molecule is Oc1c(Br)c(Br)c(I)c(I)c1I. The van der Waals surface area contributed by atoms with Crippen LogP contribution in [0.1, 0.15) is 0 Å². The largest absolute Gasteiger partial charge is 0.506 e. The van der Waals surface area contributed by atoms with Crippen LogP contribution in [-0.4, -0.2) is 5.11 Å². The topological polar surface area (TPSA) is 20.2 Å². The van der Waals surface area contributed by atoms with Gasteiger partial charge in [0.25, 0.3) is 0 Å². The Hall–Kier alpha value is 2.17. The Morgan fingerprint density at radius 2 is 1.33 bits per heavy atom. The molecule has 0 bridgehead atoms. The second-order valence-electron chi connectivity index (χ2n) is 1.92. The van der Waals surface area contributed by atoms with Crippen molar-refractivity contribution < 1.29 is 5.11 Å². The van der Waals surface area contributed by atoms with Crippen LogP contribution < -0.4 is 0 Å². The molecule has 1 aromatic rings. The Kier molecular flexibility index (Phi) is 4.89. The van der Waals surface area contributed by atoms with Gasteiger partial charge in [0.15, 0.2) is 0 Å². The molecule has 0 aliphatic carbocycles. The van der Waals surface area contributed by atoms with Crippen molar-refractivity contribution in [2.24, 2.45) is 0 Å². The molecular formula is C6HBr2I3O. The highest BCUT2D eigenvalue weighted by atomic mass is 127. The number of rotatable bonds is 0. The Labute approximate surface area is 128 Å². The standard InChI is InChI=1S/C6HBr2I3O/c7-1-2(8)6(12)5(11)4(10)3(1)9/h12H. The van der Waals surface area contributed by atoms with Crippen LogP contribution in [0.4, 0.5) is 0 Å². The van der Waals surface area contributed by atoms with Crippen LogP contribution in [0.5, 0.6) is 5.75 Å². The van der Waals surface area contributed by atoms with Crippen LogP contribution in [-0.2, 0) is 0 Å². The van der Waals surface area contributed by atoms with Crippen molar-refractivity contribution in [3.8, 4) is 5.75 Å². The van der Waals surface area contributed by atoms with Gasteiger partial charge in [-0.05, 0) is 99.6 Å². The predicted octanol–water partition coefficient (Wildman–Crippen LogP) is 4.73. The highest BCUT2D eigenvalue weighted by Crippen LogP contribution is 2.41. The van der Waals surface area contributed by atoms with E-state index in [2.05, 4.69) is 99.6 Å². The van der Waals surface area contributed by atoms with Crippen LogP contribution in [0.25, 0.3) is 0 Å². The van der Waals surface area contributed by atoms with Crippen LogP contribution in [0.2, 0.25) is 0 Å². The van der Waals surface area contributed by atoms with E-state index >= 15 is 0 Å². The summed E-state index contributed by atoms with van der Waals surface area (Å²) in [6.07, 6.45) is 0. The molecule has 1 aromatic carbocycles. The zero-order chi connectivity index (χ0) is 9.46. The third-order valence-corrected chi connectivity index (χ3v) is 9.30. The lowest BCUT2D eigenvalue weighted by atomic mass is 10.3. The lowest BCUT2D eigenvalue weighted by Crippen LogP contribution is -1.89. The molecule has 0 atom stereocenters. The highest BCUT2D eigenvalue weighted by molar-refractivity contribution is 14.1. The summed E-state index contributed by atoms with van der Waals surface area (Å²) in [5.41, 5.74) is 0. The van der Waals surface area contributed by atoms with Gasteiger partial charge < -0.3 is 5.11 Å². The summed E-state index contributed by atoms with van der Waals surface area (Å²) in [6, 6.07) is 0. The van der Waals surface area contributed by atoms with Crippen LogP contribution in [0, 0.1) is 10.7 Å². The molecule has 0 saturated carbocycles. The molecule has 0 heterocycles. The molecule has 0 aliphatic rings. The van der Waals surface area contributed by atoms with E-state index < -0.39 is 0 Å². The Bertz CT molecular complexity index is 235. The first kappa shape index (κ1) is 12.2. The number of aromatic hydroxyl groups is 1. The van der Waals surface area contributed by atoms with E-state index in [1.807, 2.05) is 0 Å². The van der Waals surface area contributed by atoms with Crippen molar-refractivity contribution in [1.82, 2.24) is 0 Å². The molecule has 0 fully saturated rings. The average Bonchev–Trinajstić information content (AvgIpc) is 2.08. The van der Waals surface area contributed by atoms with Crippen LogP contribution >= 0.6 is 99.6 Å². The molecule has 0 saturated heterocycles. The van der Waals surface area contributed by atoms with Gasteiger partial charge in [0, 0.05) is 11.6 Å². The molecule has 1 N–H and O–H groups in total. The summed E-state index contributed by atoms with van der Waals surface area (Å²) >= 11 is 13.3. The lowest BCUT2D eigenvalue weighted by Gasteiger charge is -2.08. The summed E-state index contributed by atoms with van der Waals surface area (Å²) in [7, 11) is 0. The molecule has 0 radical (unpaired) electrons. The molecule has 66 valence electrons. The van der Waals surface area contributed by atoms with E-state index in [1.165, 1.54) is 0 Å². The Morgan fingerprint density at radius 3 is 1.83 bits per heavy atom. The van der Waals surface area contributed by atoms with Gasteiger partial charge in [-0.2, -0.15) is 0 Å². The molecule has 6 heteroatoms. The molecule has 0 aromatic heterocycles. The maximum absolute atomic E-state index is 9.60. The van der Waals surface area contributed by atoms with Crippen molar-refractivity contribution in [3.63, 3.8) is 0 Å². The monoisotopic (exact) mass is 628 g/mol. The fourth-order valence-corrected chi connectivity index (χ4v) is 4.61. The van der Waals surface area contributed by atoms with Crippen LogP contribution in [0.3, 0.4) is 0 Å². The lowest BCUT2D eigenvalue weighted by molar-refractivity contribution is 0.467. The summed E-state index contributed by atoms with van der Waals surface area (Å²) in [6.45, 7) is 0. The van der Waals surface area contributed by atoms with Crippen molar-refractivity contribution in [2.45, 2.75) is 0 Å². The second-order valence-corrected chi connectivity index (χ2v) is 6.74. The fraction of sp³-hybridized carbons (Fsp3) is 0. The molecule has 0 spiro atoms. The maximum Gasteiger partial charge on any atom is 0.145 e. The molecule has 12 heavy (non-hydrogen) atoms. The second kappa shape index (κ2) is 4.79. The van der Waals surface area contributed by atoms with E-state index in [4.69, 9.17) is 0 Å². The number of phenolic OH excluding ortho intramolecular Hbond substituents is 1. The minimum Gasteiger partial charge on any atom is -0.506 e. The number of benzene rings is 1. The highest BCUT2D eigenvalue weighted by Gasteiger charge is 2.15. The van der Waals surface area contributed by atoms with Crippen LogP contribution in [0.15, 0.2) is 8.95 Å². The summed E-state index contributed by atoms with van der Waals surface area (Å²) in [4.78, 5) is 0. The minimum absolute atomic E-state index is 0.298. The third-order valence-electron chi connectivity index (χ3n) is 1.19. The first-order valence-corrected chi connectivity index (χ1v) is 7.49. The predicted molar refractivity (Wildman–Crippen MR) is 81.7 cm³/mol. The Morgan fingerprint density at radius 1 is 0.833 bits per heavy atom. The van der Waals surface area contributed by atoms with Gasteiger partial charge in [0.05, 0.1) is 8.04 Å². The molecule has 1 rings (SSSR count). The molecule has 0 unspecified atom stereocenters. The van der Waals surface area contributed by atoms with E-state index in [-0.39, 0.29) is 0 Å². The van der Waals surface area contributed by atoms with Crippen molar-refractivity contribution >= 4 is 99.6 Å². The number of hydrogen-bond donors (Lipinski definition) is 1. The molecular weight excluding hydrogens is 629 g/mol. The van der Waals surface area contributed by atoms with E-state index in [0.29, 0.717) is 5.75 Å². The molecule has 1 nitrogen and oxygen atoms in total. The summed E-state index contributed by atoms with van der Waals surface area (Å²) in [5, 5.41) is 9.60. The van der Waals surface area contributed by atoms with Gasteiger partial charge in [-0.3, -0.25) is 0 Å². The number of halogens is 5. The molecule has 0 amide bonds. The normalized spacial score (nSPS) is 10.4. The van der Waals surface area contributed by atoms with E-state index in [1.54, 1.807) is 0 Å². The maximum atomic E-state index is 9.60. The zero-order valence-electron chi connectivity index (χ0n) is 5.34. The molecule has 0 aliphatic heterocycles. The smallest absolute Gasteiger partial charge is 0.145 e. The Balaban J connectivity index is 3.60.